The van der Waals surface area contributed by atoms with Crippen LogP contribution in [-0.4, -0.2) is 47.8 Å². The van der Waals surface area contributed by atoms with Gasteiger partial charge in [0.1, 0.15) is 0 Å². The average molecular weight is 373 g/mol. The number of amides is 2. The Labute approximate surface area is 155 Å². The van der Waals surface area contributed by atoms with E-state index in [0.29, 0.717) is 32.1 Å². The second-order valence-electron chi connectivity index (χ2n) is 6.46. The summed E-state index contributed by atoms with van der Waals surface area (Å²) in [6.07, 6.45) is 4.47. The molecule has 2 unspecified atom stereocenters. The first kappa shape index (κ1) is 16.5. The predicted molar refractivity (Wildman–Crippen MR) is 102 cm³/mol. The van der Waals surface area contributed by atoms with Crippen LogP contribution in [0.25, 0.3) is 6.08 Å². The molecule has 1 aliphatic heterocycles. The fraction of sp³-hybridized carbons (Fsp3) is 0.368. The molecule has 1 saturated carbocycles. The van der Waals surface area contributed by atoms with Gasteiger partial charge in [-0.1, -0.05) is 12.1 Å². The summed E-state index contributed by atoms with van der Waals surface area (Å²) >= 11 is 3.35. The number of piperazine rings is 1. The SMILES string of the molecule is O=C(/C=C/c1cccs1)N1CCN(C(=O)C2CC2c2cccs2)CC1. The number of carbonyl (C=O) groups is 2. The fourth-order valence-corrected chi connectivity index (χ4v) is 4.84. The number of rotatable bonds is 4. The number of nitrogens with zero attached hydrogens (tertiary/aromatic N) is 2. The molecule has 130 valence electrons. The zero-order valence-corrected chi connectivity index (χ0v) is 15.5. The van der Waals surface area contributed by atoms with Crippen molar-refractivity contribution in [1.29, 1.82) is 0 Å². The Morgan fingerprint density at radius 3 is 2.40 bits per heavy atom. The van der Waals surface area contributed by atoms with Crippen LogP contribution in [0.2, 0.25) is 0 Å². The Hall–Kier alpha value is -1.92. The van der Waals surface area contributed by atoms with Gasteiger partial charge in [0.2, 0.25) is 11.8 Å². The van der Waals surface area contributed by atoms with Crippen LogP contribution < -0.4 is 0 Å². The van der Waals surface area contributed by atoms with E-state index in [-0.39, 0.29) is 17.7 Å². The lowest BCUT2D eigenvalue weighted by Crippen LogP contribution is -2.50. The number of hydrogen-bond donors (Lipinski definition) is 0. The predicted octanol–water partition coefficient (Wildman–Crippen LogP) is 3.30. The minimum Gasteiger partial charge on any atom is -0.339 e. The smallest absolute Gasteiger partial charge is 0.246 e. The van der Waals surface area contributed by atoms with E-state index >= 15 is 0 Å². The molecule has 2 atom stereocenters. The molecule has 1 aliphatic carbocycles. The number of thiophene rings is 2. The topological polar surface area (TPSA) is 40.6 Å². The first-order chi connectivity index (χ1) is 12.2. The molecule has 2 aromatic rings. The third-order valence-corrected chi connectivity index (χ3v) is 6.69. The summed E-state index contributed by atoms with van der Waals surface area (Å²) in [4.78, 5) is 31.1. The van der Waals surface area contributed by atoms with Crippen LogP contribution in [0.1, 0.15) is 22.1 Å². The van der Waals surface area contributed by atoms with Gasteiger partial charge in [-0.3, -0.25) is 9.59 Å². The maximum atomic E-state index is 12.6. The summed E-state index contributed by atoms with van der Waals surface area (Å²) in [6.45, 7) is 2.53. The molecule has 0 aromatic carbocycles. The van der Waals surface area contributed by atoms with Crippen LogP contribution >= 0.6 is 22.7 Å². The van der Waals surface area contributed by atoms with Crippen LogP contribution in [0.3, 0.4) is 0 Å². The summed E-state index contributed by atoms with van der Waals surface area (Å²) in [7, 11) is 0. The highest BCUT2D eigenvalue weighted by Crippen LogP contribution is 2.50. The zero-order valence-electron chi connectivity index (χ0n) is 13.8. The van der Waals surface area contributed by atoms with Crippen molar-refractivity contribution < 1.29 is 9.59 Å². The monoisotopic (exact) mass is 372 g/mol. The highest BCUT2D eigenvalue weighted by atomic mass is 32.1. The average Bonchev–Trinajstić information content (AvgIpc) is 3.06. The van der Waals surface area contributed by atoms with E-state index in [4.69, 9.17) is 0 Å². The fourth-order valence-electron chi connectivity index (χ4n) is 3.31. The standard InChI is InChI=1S/C19H20N2O2S2/c22-18(6-5-14-3-1-11-24-14)20-7-9-21(10-8-20)19(23)16-13-15(16)17-4-2-12-25-17/h1-6,11-12,15-16H,7-10,13H2/b6-5+. The van der Waals surface area contributed by atoms with E-state index in [2.05, 4.69) is 11.4 Å². The molecule has 0 N–H and O–H groups in total. The van der Waals surface area contributed by atoms with Crippen molar-refractivity contribution in [3.05, 3.63) is 50.9 Å². The molecule has 3 heterocycles. The second-order valence-corrected chi connectivity index (χ2v) is 8.42. The molecule has 25 heavy (non-hydrogen) atoms. The summed E-state index contributed by atoms with van der Waals surface area (Å²) < 4.78 is 0. The minimum atomic E-state index is 0.0309. The molecule has 2 aliphatic rings. The van der Waals surface area contributed by atoms with Crippen LogP contribution in [0.4, 0.5) is 0 Å². The largest absolute Gasteiger partial charge is 0.339 e. The minimum absolute atomic E-state index is 0.0309. The van der Waals surface area contributed by atoms with Crippen LogP contribution in [-0.2, 0) is 9.59 Å². The first-order valence-corrected chi connectivity index (χ1v) is 10.3. The van der Waals surface area contributed by atoms with Crippen molar-refractivity contribution in [2.45, 2.75) is 12.3 Å². The van der Waals surface area contributed by atoms with E-state index in [9.17, 15) is 9.59 Å². The van der Waals surface area contributed by atoms with Gasteiger partial charge in [-0.15, -0.1) is 22.7 Å². The van der Waals surface area contributed by atoms with Crippen molar-refractivity contribution in [2.75, 3.05) is 26.2 Å². The van der Waals surface area contributed by atoms with Crippen molar-refractivity contribution in [2.24, 2.45) is 5.92 Å². The Morgan fingerprint density at radius 1 is 1.00 bits per heavy atom. The maximum absolute atomic E-state index is 12.6. The molecule has 2 fully saturated rings. The van der Waals surface area contributed by atoms with Gasteiger partial charge in [0.15, 0.2) is 0 Å². The van der Waals surface area contributed by atoms with Crippen molar-refractivity contribution in [1.82, 2.24) is 9.80 Å². The lowest BCUT2D eigenvalue weighted by molar-refractivity contribution is -0.138. The number of carbonyl (C=O) groups excluding carboxylic acids is 2. The van der Waals surface area contributed by atoms with Crippen LogP contribution in [0.15, 0.2) is 41.1 Å². The molecule has 6 heteroatoms. The first-order valence-electron chi connectivity index (χ1n) is 8.55. The Kier molecular flexibility index (Phi) is 4.72. The molecule has 1 saturated heterocycles. The molecule has 0 bridgehead atoms. The van der Waals surface area contributed by atoms with E-state index in [1.165, 1.54) is 4.88 Å². The zero-order chi connectivity index (χ0) is 17.2. The van der Waals surface area contributed by atoms with E-state index in [0.717, 1.165) is 11.3 Å². The van der Waals surface area contributed by atoms with E-state index in [1.807, 2.05) is 39.5 Å². The van der Waals surface area contributed by atoms with Gasteiger partial charge in [0, 0.05) is 53.8 Å². The molecular weight excluding hydrogens is 352 g/mol. The molecule has 4 nitrogen and oxygen atoms in total. The Bertz CT molecular complexity index is 759. The lowest BCUT2D eigenvalue weighted by Gasteiger charge is -2.34. The Balaban J connectivity index is 1.27. The maximum Gasteiger partial charge on any atom is 0.246 e. The molecule has 4 rings (SSSR count). The quantitative estimate of drug-likeness (QED) is 0.773. The summed E-state index contributed by atoms with van der Waals surface area (Å²) in [5, 5.41) is 4.07. The highest BCUT2D eigenvalue weighted by Gasteiger charge is 2.46. The third-order valence-electron chi connectivity index (χ3n) is 4.85. The van der Waals surface area contributed by atoms with E-state index < -0.39 is 0 Å². The van der Waals surface area contributed by atoms with Gasteiger partial charge in [-0.25, -0.2) is 0 Å². The van der Waals surface area contributed by atoms with Crippen molar-refractivity contribution in [3.63, 3.8) is 0 Å². The normalized spacial score (nSPS) is 23.2. The van der Waals surface area contributed by atoms with Gasteiger partial charge in [0.25, 0.3) is 0 Å². The summed E-state index contributed by atoms with van der Waals surface area (Å²) in [5.74, 6) is 0.864. The van der Waals surface area contributed by atoms with E-state index in [1.54, 1.807) is 28.7 Å². The summed E-state index contributed by atoms with van der Waals surface area (Å²) in [6, 6.07) is 8.14. The van der Waals surface area contributed by atoms with Gasteiger partial charge < -0.3 is 9.80 Å². The lowest BCUT2D eigenvalue weighted by atomic mass is 10.2. The summed E-state index contributed by atoms with van der Waals surface area (Å²) in [5.41, 5.74) is 0. The van der Waals surface area contributed by atoms with Crippen LogP contribution in [0.5, 0.6) is 0 Å². The van der Waals surface area contributed by atoms with Crippen molar-refractivity contribution >= 4 is 40.6 Å². The molecule has 2 aromatic heterocycles. The van der Waals surface area contributed by atoms with Gasteiger partial charge >= 0.3 is 0 Å². The second kappa shape index (κ2) is 7.14. The van der Waals surface area contributed by atoms with Gasteiger partial charge in [0.05, 0.1) is 0 Å². The Morgan fingerprint density at radius 2 is 1.72 bits per heavy atom. The number of hydrogen-bond acceptors (Lipinski definition) is 4. The molecule has 2 amide bonds. The highest BCUT2D eigenvalue weighted by molar-refractivity contribution is 7.10. The molecular formula is C19H20N2O2S2. The third kappa shape index (κ3) is 3.70. The van der Waals surface area contributed by atoms with Crippen molar-refractivity contribution in [3.8, 4) is 0 Å². The van der Waals surface area contributed by atoms with Crippen LogP contribution in [0, 0.1) is 5.92 Å². The van der Waals surface area contributed by atoms with Gasteiger partial charge in [-0.05, 0) is 35.4 Å². The van der Waals surface area contributed by atoms with Gasteiger partial charge in [-0.2, -0.15) is 0 Å². The molecule has 0 radical (unpaired) electrons. The molecule has 0 spiro atoms.